The van der Waals surface area contributed by atoms with E-state index < -0.39 is 0 Å². The van der Waals surface area contributed by atoms with Crippen molar-refractivity contribution in [2.45, 2.75) is 119 Å². The Hall–Kier alpha value is -9.71. The lowest BCUT2D eigenvalue weighted by atomic mass is 10.1. The van der Waals surface area contributed by atoms with Gasteiger partial charge in [-0.2, -0.15) is 11.3 Å². The van der Waals surface area contributed by atoms with Crippen molar-refractivity contribution in [3.63, 3.8) is 0 Å². The van der Waals surface area contributed by atoms with Gasteiger partial charge < -0.3 is 50.4 Å². The van der Waals surface area contributed by atoms with Crippen LogP contribution in [-0.2, 0) is 95.0 Å². The van der Waals surface area contributed by atoms with Crippen LogP contribution < -0.4 is 50.4 Å². The molecule has 0 bridgehead atoms. The number of aryl methyl sites for hydroxylation is 1. The summed E-state index contributed by atoms with van der Waals surface area (Å²) < 4.78 is 13.6. The highest BCUT2D eigenvalue weighted by molar-refractivity contribution is 8.15. The van der Waals surface area contributed by atoms with Gasteiger partial charge in [-0.05, 0) is 156 Å². The molecule has 21 N–H and O–H groups in total. The Morgan fingerprint density at radius 1 is 0.340 bits per heavy atom. The summed E-state index contributed by atoms with van der Waals surface area (Å²) in [6.07, 6.45) is 10.1. The zero-order valence-electron chi connectivity index (χ0n) is 81.3. The van der Waals surface area contributed by atoms with Gasteiger partial charge in [0.05, 0.1) is 51.7 Å². The molecule has 27 nitrogen and oxygen atoms in total. The average Bonchev–Trinajstić information content (AvgIpc) is 1.42. The van der Waals surface area contributed by atoms with Crippen molar-refractivity contribution < 1.29 is 4.39 Å². The van der Waals surface area contributed by atoms with Crippen LogP contribution in [0.2, 0.25) is 10.0 Å². The van der Waals surface area contributed by atoms with Crippen LogP contribution in [0.3, 0.4) is 0 Å². The van der Waals surface area contributed by atoms with Gasteiger partial charge in [-0.1, -0.05) is 346 Å². The molecule has 772 valence electrons. The molecule has 12 aromatic rings. The molecule has 0 unspecified atom stereocenters. The smallest absolute Gasteiger partial charge is 0.187 e. The molecule has 0 saturated heterocycles. The summed E-state index contributed by atoms with van der Waals surface area (Å²) in [5, 5.41) is 65.4. The van der Waals surface area contributed by atoms with Gasteiger partial charge >= 0.3 is 0 Å². The first-order chi connectivity index (χ1) is 71.4. The number of amidine groups is 9. The highest BCUT2D eigenvalue weighted by Gasteiger charge is 2.22. The maximum absolute atomic E-state index is 13.6. The Labute approximate surface area is 926 Å². The molecular formula is C104H122Cl2FN27S13. The molecule has 16 rings (SSSR count). The zero-order chi connectivity index (χ0) is 104. The van der Waals surface area contributed by atoms with E-state index >= 15 is 0 Å². The Bertz CT molecular complexity index is 5950. The van der Waals surface area contributed by atoms with Gasteiger partial charge in [0.1, 0.15) is 5.82 Å². The lowest BCUT2D eigenvalue weighted by Crippen LogP contribution is -2.42. The van der Waals surface area contributed by atoms with E-state index in [2.05, 4.69) is 219 Å². The molecule has 3 aromatic heterocycles. The molecule has 0 spiro atoms. The predicted molar refractivity (Wildman–Crippen MR) is 639 cm³/mol. The fourth-order valence-electron chi connectivity index (χ4n) is 14.0. The Morgan fingerprint density at radius 2 is 0.680 bits per heavy atom. The van der Waals surface area contributed by atoms with E-state index in [1.807, 2.05) is 78.0 Å². The maximum Gasteiger partial charge on any atom is 0.187 e. The summed E-state index contributed by atoms with van der Waals surface area (Å²) in [7, 11) is 0. The van der Waals surface area contributed by atoms with E-state index in [4.69, 9.17) is 110 Å². The first-order valence-corrected chi connectivity index (χ1v) is 60.0. The molecule has 0 amide bonds. The van der Waals surface area contributed by atoms with Crippen LogP contribution in [0.15, 0.2) is 296 Å². The van der Waals surface area contributed by atoms with Crippen LogP contribution in [0, 0.1) is 45.2 Å². The van der Waals surface area contributed by atoms with Crippen molar-refractivity contribution in [1.82, 2.24) is 55.5 Å². The second-order valence-corrected chi connectivity index (χ2v) is 46.3. The number of hydrogen-bond acceptors (Lipinski definition) is 34. The fourth-order valence-corrected chi connectivity index (χ4v) is 24.2. The van der Waals surface area contributed by atoms with E-state index in [1.54, 1.807) is 107 Å². The number of nitrogens with two attached hydrogens (primary N) is 6. The van der Waals surface area contributed by atoms with Crippen molar-refractivity contribution >= 4 is 227 Å². The summed E-state index contributed by atoms with van der Waals surface area (Å²) in [4.78, 5) is 45.5. The van der Waals surface area contributed by atoms with Crippen molar-refractivity contribution in [3.05, 3.63) is 377 Å². The second-order valence-electron chi connectivity index (χ2n) is 32.7. The topological polar surface area (TPSA) is 449 Å². The first-order valence-electron chi connectivity index (χ1n) is 46.5. The fraction of sp³-hybridized carbons (Fsp3) is 0.269. The molecule has 0 atom stereocenters. The van der Waals surface area contributed by atoms with E-state index in [0.29, 0.717) is 40.1 Å². The highest BCUT2D eigenvalue weighted by Crippen LogP contribution is 2.33. The Kier molecular flexibility index (Phi) is 53.4. The summed E-state index contributed by atoms with van der Waals surface area (Å²) in [6.45, 7) is 12.4. The van der Waals surface area contributed by atoms with Crippen molar-refractivity contribution in [1.29, 1.82) is 32.5 Å². The highest BCUT2D eigenvalue weighted by atomic mass is 35.5. The molecule has 0 fully saturated rings. The second kappa shape index (κ2) is 66.8. The van der Waals surface area contributed by atoms with E-state index in [9.17, 15) is 4.39 Å². The normalized spacial score (nSPS) is 13.5. The van der Waals surface area contributed by atoms with E-state index in [1.165, 1.54) is 130 Å². The number of thiophene rings is 1. The molecule has 0 saturated carbocycles. The quantitative estimate of drug-likeness (QED) is 0.00750. The van der Waals surface area contributed by atoms with Gasteiger partial charge in [0.15, 0.2) is 56.8 Å². The summed E-state index contributed by atoms with van der Waals surface area (Å²) >= 11 is 31.6. The Morgan fingerprint density at radius 3 is 1.07 bits per heavy atom. The van der Waals surface area contributed by atoms with Gasteiger partial charge in [-0.15, -0.1) is 11.8 Å². The molecule has 0 aliphatic carbocycles. The van der Waals surface area contributed by atoms with Crippen LogP contribution in [0.25, 0.3) is 0 Å². The average molecular weight is 2260 g/mol. The van der Waals surface area contributed by atoms with Crippen molar-refractivity contribution in [2.75, 3.05) is 66.3 Å². The van der Waals surface area contributed by atoms with Crippen LogP contribution >= 0.6 is 176 Å². The minimum absolute atomic E-state index is 0.000526. The number of halogens is 3. The molecule has 7 heterocycles. The molecule has 147 heavy (non-hydrogen) atoms. The number of thioether (sulfide) groups is 12. The molecule has 9 aromatic carbocycles. The third-order valence-corrected chi connectivity index (χ3v) is 33.7. The third kappa shape index (κ3) is 46.3. The number of aromatic nitrogens is 4. The third-order valence-electron chi connectivity index (χ3n) is 21.8. The summed E-state index contributed by atoms with van der Waals surface area (Å²) in [5.41, 5.74) is 52.1. The minimum Gasteiger partial charge on any atom is -0.379 e. The predicted octanol–water partition coefficient (Wildman–Crippen LogP) is 22.3. The van der Waals surface area contributed by atoms with Crippen LogP contribution in [0.5, 0.6) is 0 Å². The first kappa shape index (κ1) is 118. The van der Waals surface area contributed by atoms with Gasteiger partial charge in [0.2, 0.25) is 0 Å². The number of benzene rings is 9. The standard InChI is InChI=1S/C30H34Cl2N6S2.C29H33N5S2.C16H14N4S2.C11H16N4S2.C10H13FN4S2.C8H12N4S3/c31-27-9-5-23(6-10-27)13-15-37-19-33-29(34-20-37)39-17-25-3-1-2-4-26(25)18-40-30-35-21-38(22-36-30)16-14-24-7-11-28(32)12-8-24;1-3-9-24(10-4-1)17-33-16-15-28(30-21-33)35-19-26-13-7-8-14-27(26)20-36-29-31-22-34(23-32-29)18-25-11-5-2-6-12-25;1-2-6-14(12-22-16-19-9-4-10-20-16)13(5-1)11-21-15-17-7-3-8-18-15;1-7-2-3-8(5-16-10(12)13)9(4-7)6-17-11(14)15;11-8-3-1-2-6(4-16-9(12)13)7(8)5-17-10(14)15;9-7(10)14-3-5-1-13-2-6(5)4-15-8(11)12/h1-12H,13-22H2,(H,33,34)(H,35,36);1-14H,15-23H2,(H,31,32);1-10H,11-12H2;2-4H,5-6H2,1H3,(H3,12,13)(H3,14,15);1-3H,4-5H2,(H3,12,13)(H3,14,15);1-2H,3-4H2,(H3,9,10)(H3,11,12). The van der Waals surface area contributed by atoms with Crippen molar-refractivity contribution in [2.24, 2.45) is 54.4 Å². The van der Waals surface area contributed by atoms with Gasteiger partial charge in [-0.25, -0.2) is 39.3 Å². The number of nitrogens with one attached hydrogen (secondary N) is 9. The number of hydrogen-bond donors (Lipinski definition) is 15. The van der Waals surface area contributed by atoms with Crippen LogP contribution in [0.1, 0.15) is 101 Å². The molecule has 43 heteroatoms. The minimum atomic E-state index is -0.319. The SMILES string of the molecule is Cc1ccc(CSC(=N)N)c(CSC(=N)N)c1.Clc1ccc(CCN2CN=C(SCc3ccccc3CSC3=NCN(CCc4ccc(Cl)cc4)CN3)NC2)cc1.N=C(N)SCc1cccc(F)c1CSC(=N)N.N=C(N)SCc1cscc1CSC(=N)N.c1ccc(CN2CCC(SCc3ccccc3CSC3=NCN(Cc4ccccc4)CN3)=NC2)cc1.c1cnc(SCc2ccccc2CSc2ncccn2)nc1. The van der Waals surface area contributed by atoms with Crippen LogP contribution in [0.4, 0.5) is 4.39 Å². The summed E-state index contributed by atoms with van der Waals surface area (Å²) in [6, 6.07) is 77.9. The maximum atomic E-state index is 13.6. The van der Waals surface area contributed by atoms with Gasteiger partial charge in [0.25, 0.3) is 0 Å². The molecule has 0 radical (unpaired) electrons. The number of rotatable bonds is 36. The largest absolute Gasteiger partial charge is 0.379 e. The van der Waals surface area contributed by atoms with Gasteiger partial charge in [0, 0.05) is 149 Å². The van der Waals surface area contributed by atoms with E-state index in [-0.39, 0.29) is 36.8 Å². The lowest BCUT2D eigenvalue weighted by molar-refractivity contribution is 0.258. The number of aliphatic imine (C=N–C) groups is 4. The zero-order valence-corrected chi connectivity index (χ0v) is 93.4. The van der Waals surface area contributed by atoms with Gasteiger partial charge in [-0.3, -0.25) is 57.0 Å². The number of nitrogens with zero attached hydrogens (tertiary/aromatic N) is 12. The monoisotopic (exact) mass is 2250 g/mol. The van der Waals surface area contributed by atoms with Crippen LogP contribution in [-0.4, -0.2) is 157 Å². The van der Waals surface area contributed by atoms with Crippen molar-refractivity contribution in [3.8, 4) is 0 Å². The molecular weight excluding hydrogens is 2130 g/mol. The molecule has 4 aliphatic rings. The molecule has 4 aliphatic heterocycles. The lowest BCUT2D eigenvalue weighted by Gasteiger charge is -2.27. The van der Waals surface area contributed by atoms with E-state index in [0.717, 1.165) is 209 Å². The summed E-state index contributed by atoms with van der Waals surface area (Å²) in [5.74, 6) is 8.65. The Balaban J connectivity index is 0.000000175.